The molecule has 0 aromatic rings. The summed E-state index contributed by atoms with van der Waals surface area (Å²) in [5.41, 5.74) is 0. The van der Waals surface area contributed by atoms with Crippen LogP contribution in [0.15, 0.2) is 0 Å². The minimum absolute atomic E-state index is 0.862. The van der Waals surface area contributed by atoms with Gasteiger partial charge in [0.15, 0.2) is 0 Å². The lowest BCUT2D eigenvalue weighted by atomic mass is 9.84. The van der Waals surface area contributed by atoms with E-state index >= 15 is 0 Å². The zero-order valence-electron chi connectivity index (χ0n) is 9.43. The highest BCUT2D eigenvalue weighted by Crippen LogP contribution is 2.28. The summed E-state index contributed by atoms with van der Waals surface area (Å²) < 4.78 is 0. The lowest BCUT2D eigenvalue weighted by Crippen LogP contribution is -2.30. The first kappa shape index (κ1) is 10.5. The van der Waals surface area contributed by atoms with Gasteiger partial charge in [-0.15, -0.1) is 0 Å². The minimum Gasteiger partial charge on any atom is -0.314 e. The Hall–Kier alpha value is -0.0400. The second kappa shape index (κ2) is 5.75. The van der Waals surface area contributed by atoms with Crippen molar-refractivity contribution in [1.29, 1.82) is 0 Å². The molecule has 1 nitrogen and oxygen atoms in total. The monoisotopic (exact) mass is 195 g/mol. The molecule has 0 amide bonds. The van der Waals surface area contributed by atoms with Crippen LogP contribution in [0.4, 0.5) is 0 Å². The van der Waals surface area contributed by atoms with Crippen molar-refractivity contribution in [1.82, 2.24) is 5.32 Å². The van der Waals surface area contributed by atoms with Crippen molar-refractivity contribution in [3.8, 4) is 0 Å². The fourth-order valence-corrected chi connectivity index (χ4v) is 3.13. The molecule has 1 atom stereocenters. The van der Waals surface area contributed by atoms with Crippen LogP contribution < -0.4 is 5.32 Å². The predicted octanol–water partition coefficient (Wildman–Crippen LogP) is 3.49. The van der Waals surface area contributed by atoms with E-state index < -0.39 is 0 Å². The Labute approximate surface area is 88.7 Å². The Kier molecular flexibility index (Phi) is 4.30. The van der Waals surface area contributed by atoms with Crippen LogP contribution in [0, 0.1) is 5.92 Å². The molecule has 2 fully saturated rings. The molecular formula is C13H25N. The zero-order chi connectivity index (χ0) is 9.64. The molecule has 1 aliphatic carbocycles. The maximum absolute atomic E-state index is 3.73. The van der Waals surface area contributed by atoms with E-state index in [1.54, 1.807) is 0 Å². The molecule has 1 heterocycles. The maximum atomic E-state index is 3.73. The van der Waals surface area contributed by atoms with Gasteiger partial charge in [0.1, 0.15) is 0 Å². The molecule has 0 bridgehead atoms. The minimum atomic E-state index is 0.862. The van der Waals surface area contributed by atoms with Gasteiger partial charge in [-0.05, 0) is 31.7 Å². The average Bonchev–Trinajstić information content (AvgIpc) is 2.48. The summed E-state index contributed by atoms with van der Waals surface area (Å²) in [4.78, 5) is 0. The summed E-state index contributed by atoms with van der Waals surface area (Å²) in [5.74, 6) is 1.05. The quantitative estimate of drug-likeness (QED) is 0.711. The Bertz CT molecular complexity index is 141. The third kappa shape index (κ3) is 3.27. The summed E-state index contributed by atoms with van der Waals surface area (Å²) in [7, 11) is 0. The van der Waals surface area contributed by atoms with E-state index in [1.807, 2.05) is 0 Å². The summed E-state index contributed by atoms with van der Waals surface area (Å²) in [6.07, 6.45) is 14.7. The van der Waals surface area contributed by atoms with Gasteiger partial charge in [0.05, 0.1) is 0 Å². The first-order valence-electron chi connectivity index (χ1n) is 6.68. The largest absolute Gasteiger partial charge is 0.314 e. The van der Waals surface area contributed by atoms with Gasteiger partial charge in [-0.2, -0.15) is 0 Å². The highest BCUT2D eigenvalue weighted by molar-refractivity contribution is 4.76. The van der Waals surface area contributed by atoms with Crippen molar-refractivity contribution in [2.75, 3.05) is 6.54 Å². The molecule has 1 saturated carbocycles. The smallest absolute Gasteiger partial charge is 0.00697 e. The third-order valence-electron chi connectivity index (χ3n) is 4.00. The van der Waals surface area contributed by atoms with E-state index in [0.717, 1.165) is 12.0 Å². The Morgan fingerprint density at radius 1 is 0.786 bits per heavy atom. The molecule has 2 aliphatic rings. The summed E-state index contributed by atoms with van der Waals surface area (Å²) in [6, 6.07) is 0.862. The van der Waals surface area contributed by atoms with Crippen molar-refractivity contribution in [3.63, 3.8) is 0 Å². The fourth-order valence-electron chi connectivity index (χ4n) is 3.13. The van der Waals surface area contributed by atoms with Gasteiger partial charge in [0, 0.05) is 6.04 Å². The Balaban J connectivity index is 1.71. The molecule has 1 saturated heterocycles. The van der Waals surface area contributed by atoms with Gasteiger partial charge in [0.2, 0.25) is 0 Å². The van der Waals surface area contributed by atoms with Crippen LogP contribution in [-0.2, 0) is 0 Å². The molecule has 82 valence electrons. The lowest BCUT2D eigenvalue weighted by Gasteiger charge is -2.26. The van der Waals surface area contributed by atoms with E-state index in [-0.39, 0.29) is 0 Å². The fraction of sp³-hybridized carbons (Fsp3) is 1.00. The van der Waals surface area contributed by atoms with Crippen molar-refractivity contribution in [2.24, 2.45) is 5.92 Å². The van der Waals surface area contributed by atoms with Crippen LogP contribution in [0.1, 0.15) is 64.2 Å². The van der Waals surface area contributed by atoms with Crippen LogP contribution in [0.3, 0.4) is 0 Å². The van der Waals surface area contributed by atoms with Crippen LogP contribution in [0.5, 0.6) is 0 Å². The second-order valence-electron chi connectivity index (χ2n) is 5.24. The van der Waals surface area contributed by atoms with Crippen LogP contribution >= 0.6 is 0 Å². The van der Waals surface area contributed by atoms with Crippen molar-refractivity contribution >= 4 is 0 Å². The third-order valence-corrected chi connectivity index (χ3v) is 4.00. The Morgan fingerprint density at radius 3 is 2.36 bits per heavy atom. The average molecular weight is 195 g/mol. The number of nitrogens with one attached hydrogen (secondary N) is 1. The van der Waals surface area contributed by atoms with Crippen LogP contribution in [0.2, 0.25) is 0 Å². The number of hydrogen-bond acceptors (Lipinski definition) is 1. The summed E-state index contributed by atoms with van der Waals surface area (Å²) in [6.45, 7) is 1.28. The first-order chi connectivity index (χ1) is 6.95. The molecular weight excluding hydrogens is 170 g/mol. The normalized spacial score (nSPS) is 31.3. The second-order valence-corrected chi connectivity index (χ2v) is 5.24. The zero-order valence-corrected chi connectivity index (χ0v) is 9.43. The first-order valence-corrected chi connectivity index (χ1v) is 6.68. The summed E-state index contributed by atoms with van der Waals surface area (Å²) >= 11 is 0. The van der Waals surface area contributed by atoms with Gasteiger partial charge in [-0.3, -0.25) is 0 Å². The molecule has 1 aliphatic heterocycles. The molecule has 1 N–H and O–H groups in total. The van der Waals surface area contributed by atoms with Gasteiger partial charge in [-0.1, -0.05) is 44.9 Å². The van der Waals surface area contributed by atoms with Crippen molar-refractivity contribution in [2.45, 2.75) is 70.3 Å². The molecule has 0 aromatic heterocycles. The molecule has 14 heavy (non-hydrogen) atoms. The van der Waals surface area contributed by atoms with Crippen LogP contribution in [0.25, 0.3) is 0 Å². The van der Waals surface area contributed by atoms with Crippen molar-refractivity contribution < 1.29 is 0 Å². The molecule has 2 rings (SSSR count). The standard InChI is InChI=1S/C13H25N/c1-3-7-12(8-4-1)11-13-9-5-2-6-10-14-13/h12-14H,1-11H2/t13-/m0/s1. The molecule has 0 unspecified atom stereocenters. The maximum Gasteiger partial charge on any atom is 0.00697 e. The SMILES string of the molecule is C1CCC(C[C@@H]2CCCCCN2)CC1. The van der Waals surface area contributed by atoms with Crippen LogP contribution in [-0.4, -0.2) is 12.6 Å². The van der Waals surface area contributed by atoms with Crippen molar-refractivity contribution in [3.05, 3.63) is 0 Å². The number of rotatable bonds is 2. The Morgan fingerprint density at radius 2 is 1.50 bits per heavy atom. The van der Waals surface area contributed by atoms with E-state index in [4.69, 9.17) is 0 Å². The van der Waals surface area contributed by atoms with E-state index in [2.05, 4.69) is 5.32 Å². The van der Waals surface area contributed by atoms with E-state index in [1.165, 1.54) is 70.8 Å². The molecule has 0 radical (unpaired) electrons. The van der Waals surface area contributed by atoms with Gasteiger partial charge in [-0.25, -0.2) is 0 Å². The van der Waals surface area contributed by atoms with Gasteiger partial charge < -0.3 is 5.32 Å². The van der Waals surface area contributed by atoms with Gasteiger partial charge in [0.25, 0.3) is 0 Å². The van der Waals surface area contributed by atoms with E-state index in [9.17, 15) is 0 Å². The topological polar surface area (TPSA) is 12.0 Å². The molecule has 0 spiro atoms. The molecule has 1 heteroatoms. The highest BCUT2D eigenvalue weighted by atomic mass is 14.9. The lowest BCUT2D eigenvalue weighted by molar-refractivity contribution is 0.295. The number of hydrogen-bond donors (Lipinski definition) is 1. The highest BCUT2D eigenvalue weighted by Gasteiger charge is 2.19. The summed E-state index contributed by atoms with van der Waals surface area (Å²) in [5, 5.41) is 3.73. The predicted molar refractivity (Wildman–Crippen MR) is 61.5 cm³/mol. The molecule has 0 aromatic carbocycles. The van der Waals surface area contributed by atoms with E-state index in [0.29, 0.717) is 0 Å². The van der Waals surface area contributed by atoms with Gasteiger partial charge >= 0.3 is 0 Å².